The Labute approximate surface area is 139 Å². The van der Waals surface area contributed by atoms with Gasteiger partial charge in [-0.15, -0.1) is 0 Å². The SMILES string of the molecule is Cc1nc2ccc(C(=O)O[C@@H](C)c3ccc(F)cc3)cc2nc1C. The second kappa shape index (κ2) is 6.35. The van der Waals surface area contributed by atoms with Crippen molar-refractivity contribution in [2.24, 2.45) is 0 Å². The zero-order valence-electron chi connectivity index (χ0n) is 13.7. The highest BCUT2D eigenvalue weighted by atomic mass is 19.1. The topological polar surface area (TPSA) is 52.1 Å². The molecule has 1 heterocycles. The van der Waals surface area contributed by atoms with Crippen LogP contribution in [0, 0.1) is 19.7 Å². The molecule has 0 spiro atoms. The van der Waals surface area contributed by atoms with Crippen LogP contribution in [0.5, 0.6) is 0 Å². The van der Waals surface area contributed by atoms with Crippen LogP contribution in [0.3, 0.4) is 0 Å². The molecule has 0 aliphatic carbocycles. The molecule has 1 atom stereocenters. The van der Waals surface area contributed by atoms with Crippen LogP contribution in [-0.2, 0) is 4.74 Å². The number of fused-ring (bicyclic) bond motifs is 1. The third-order valence-corrected chi connectivity index (χ3v) is 3.93. The number of ether oxygens (including phenoxy) is 1. The molecule has 0 bridgehead atoms. The lowest BCUT2D eigenvalue weighted by molar-refractivity contribution is 0.0338. The Morgan fingerprint density at radius 3 is 2.29 bits per heavy atom. The first-order chi connectivity index (χ1) is 11.4. The van der Waals surface area contributed by atoms with E-state index in [0.717, 1.165) is 22.5 Å². The number of hydrogen-bond acceptors (Lipinski definition) is 4. The van der Waals surface area contributed by atoms with E-state index in [1.807, 2.05) is 13.8 Å². The second-order valence-electron chi connectivity index (χ2n) is 5.70. The first kappa shape index (κ1) is 16.1. The van der Waals surface area contributed by atoms with Gasteiger partial charge in [-0.3, -0.25) is 0 Å². The number of aryl methyl sites for hydroxylation is 2. The fourth-order valence-corrected chi connectivity index (χ4v) is 2.39. The molecule has 2 aromatic carbocycles. The Morgan fingerprint density at radius 1 is 1.00 bits per heavy atom. The van der Waals surface area contributed by atoms with Gasteiger partial charge in [0, 0.05) is 0 Å². The summed E-state index contributed by atoms with van der Waals surface area (Å²) < 4.78 is 18.4. The Kier molecular flexibility index (Phi) is 4.25. The van der Waals surface area contributed by atoms with Gasteiger partial charge in [-0.25, -0.2) is 19.2 Å². The molecule has 3 rings (SSSR count). The van der Waals surface area contributed by atoms with E-state index in [2.05, 4.69) is 9.97 Å². The number of hydrogen-bond donors (Lipinski definition) is 0. The van der Waals surface area contributed by atoms with E-state index in [0.29, 0.717) is 11.1 Å². The van der Waals surface area contributed by atoms with E-state index in [1.54, 1.807) is 37.3 Å². The average molecular weight is 324 g/mol. The molecule has 0 aliphatic heterocycles. The molecule has 0 saturated heterocycles. The van der Waals surface area contributed by atoms with Crippen LogP contribution in [0.25, 0.3) is 11.0 Å². The number of rotatable bonds is 3. The zero-order chi connectivity index (χ0) is 17.3. The molecule has 5 heteroatoms. The molecule has 1 aromatic heterocycles. The fraction of sp³-hybridized carbons (Fsp3) is 0.211. The van der Waals surface area contributed by atoms with Crippen molar-refractivity contribution in [3.8, 4) is 0 Å². The highest BCUT2D eigenvalue weighted by Crippen LogP contribution is 2.20. The molecule has 3 aromatic rings. The Morgan fingerprint density at radius 2 is 1.62 bits per heavy atom. The van der Waals surface area contributed by atoms with Gasteiger partial charge in [-0.1, -0.05) is 12.1 Å². The van der Waals surface area contributed by atoms with Crippen LogP contribution in [0.2, 0.25) is 0 Å². The Bertz CT molecular complexity index is 907. The van der Waals surface area contributed by atoms with Crippen molar-refractivity contribution < 1.29 is 13.9 Å². The Balaban J connectivity index is 1.83. The number of carbonyl (C=O) groups excluding carboxylic acids is 1. The molecule has 0 amide bonds. The molecule has 4 nitrogen and oxygen atoms in total. The maximum atomic E-state index is 13.0. The normalized spacial score (nSPS) is 12.2. The van der Waals surface area contributed by atoms with Crippen molar-refractivity contribution in [1.29, 1.82) is 0 Å². The lowest BCUT2D eigenvalue weighted by Gasteiger charge is -2.14. The quantitative estimate of drug-likeness (QED) is 0.674. The van der Waals surface area contributed by atoms with Gasteiger partial charge in [0.15, 0.2) is 0 Å². The van der Waals surface area contributed by atoms with E-state index in [9.17, 15) is 9.18 Å². The maximum absolute atomic E-state index is 13.0. The van der Waals surface area contributed by atoms with Gasteiger partial charge in [-0.05, 0) is 56.7 Å². The highest BCUT2D eigenvalue weighted by Gasteiger charge is 2.15. The first-order valence-corrected chi connectivity index (χ1v) is 7.65. The van der Waals surface area contributed by atoms with Crippen molar-refractivity contribution >= 4 is 17.0 Å². The highest BCUT2D eigenvalue weighted by molar-refractivity contribution is 5.93. The summed E-state index contributed by atoms with van der Waals surface area (Å²) in [4.78, 5) is 21.2. The standard InChI is InChI=1S/C19H17FN2O2/c1-11-12(2)22-18-10-15(6-9-17(18)21-11)19(23)24-13(3)14-4-7-16(20)8-5-14/h4-10,13H,1-3H3/t13-/m0/s1. The number of benzene rings is 2. The molecule has 122 valence electrons. The smallest absolute Gasteiger partial charge is 0.338 e. The number of esters is 1. The van der Waals surface area contributed by atoms with E-state index in [-0.39, 0.29) is 5.82 Å². The maximum Gasteiger partial charge on any atom is 0.338 e. The van der Waals surface area contributed by atoms with Crippen molar-refractivity contribution in [3.63, 3.8) is 0 Å². The molecule has 0 fully saturated rings. The monoisotopic (exact) mass is 324 g/mol. The third-order valence-electron chi connectivity index (χ3n) is 3.93. The summed E-state index contributed by atoms with van der Waals surface area (Å²) in [5, 5.41) is 0. The summed E-state index contributed by atoms with van der Waals surface area (Å²) in [5.41, 5.74) is 4.23. The van der Waals surface area contributed by atoms with Crippen LogP contribution in [0.4, 0.5) is 4.39 Å². The van der Waals surface area contributed by atoms with Crippen LogP contribution in [0.1, 0.15) is 40.3 Å². The van der Waals surface area contributed by atoms with Gasteiger partial charge >= 0.3 is 5.97 Å². The summed E-state index contributed by atoms with van der Waals surface area (Å²) in [5.74, 6) is -0.773. The largest absolute Gasteiger partial charge is 0.454 e. The first-order valence-electron chi connectivity index (χ1n) is 7.65. The summed E-state index contributed by atoms with van der Waals surface area (Å²) in [6, 6.07) is 11.0. The lowest BCUT2D eigenvalue weighted by atomic mass is 10.1. The van der Waals surface area contributed by atoms with Crippen molar-refractivity contribution in [2.45, 2.75) is 26.9 Å². The molecular formula is C19H17FN2O2. The number of nitrogens with zero attached hydrogens (tertiary/aromatic N) is 2. The van der Waals surface area contributed by atoms with Gasteiger partial charge in [0.1, 0.15) is 11.9 Å². The van der Waals surface area contributed by atoms with E-state index in [4.69, 9.17) is 4.74 Å². The second-order valence-corrected chi connectivity index (χ2v) is 5.70. The van der Waals surface area contributed by atoms with Crippen molar-refractivity contribution in [1.82, 2.24) is 9.97 Å². The number of halogens is 1. The molecule has 0 unspecified atom stereocenters. The minimum Gasteiger partial charge on any atom is -0.454 e. The lowest BCUT2D eigenvalue weighted by Crippen LogP contribution is -2.09. The van der Waals surface area contributed by atoms with Crippen LogP contribution >= 0.6 is 0 Å². The average Bonchev–Trinajstić information content (AvgIpc) is 2.56. The number of carbonyl (C=O) groups is 1. The van der Waals surface area contributed by atoms with Gasteiger partial charge in [0.25, 0.3) is 0 Å². The minimum absolute atomic E-state index is 0.323. The molecule has 24 heavy (non-hydrogen) atoms. The van der Waals surface area contributed by atoms with Gasteiger partial charge in [0.2, 0.25) is 0 Å². The fourth-order valence-electron chi connectivity index (χ4n) is 2.39. The molecule has 0 radical (unpaired) electrons. The summed E-state index contributed by atoms with van der Waals surface area (Å²) in [6.45, 7) is 5.52. The Hall–Kier alpha value is -2.82. The third kappa shape index (κ3) is 3.25. The van der Waals surface area contributed by atoms with Crippen molar-refractivity contribution in [3.05, 3.63) is 70.8 Å². The summed E-state index contributed by atoms with van der Waals surface area (Å²) in [7, 11) is 0. The van der Waals surface area contributed by atoms with E-state index >= 15 is 0 Å². The molecule has 0 aliphatic rings. The van der Waals surface area contributed by atoms with Crippen molar-refractivity contribution in [2.75, 3.05) is 0 Å². The summed E-state index contributed by atoms with van der Waals surface area (Å²) >= 11 is 0. The number of aromatic nitrogens is 2. The van der Waals surface area contributed by atoms with Gasteiger partial charge in [-0.2, -0.15) is 0 Å². The molecule has 0 saturated carbocycles. The molecule has 0 N–H and O–H groups in total. The van der Waals surface area contributed by atoms with E-state index < -0.39 is 12.1 Å². The minimum atomic E-state index is -0.473. The van der Waals surface area contributed by atoms with E-state index in [1.165, 1.54) is 12.1 Å². The molecular weight excluding hydrogens is 307 g/mol. The van der Waals surface area contributed by atoms with Crippen LogP contribution in [0.15, 0.2) is 42.5 Å². The van der Waals surface area contributed by atoms with Crippen LogP contribution < -0.4 is 0 Å². The zero-order valence-corrected chi connectivity index (χ0v) is 13.7. The predicted molar refractivity (Wildman–Crippen MR) is 89.2 cm³/mol. The summed E-state index contributed by atoms with van der Waals surface area (Å²) in [6.07, 6.45) is -0.473. The van der Waals surface area contributed by atoms with Gasteiger partial charge < -0.3 is 4.74 Å². The predicted octanol–water partition coefficient (Wildman–Crippen LogP) is 4.30. The van der Waals surface area contributed by atoms with Crippen LogP contribution in [-0.4, -0.2) is 15.9 Å². The van der Waals surface area contributed by atoms with Gasteiger partial charge in [0.05, 0.1) is 28.0 Å².